The van der Waals surface area contributed by atoms with Gasteiger partial charge in [0.1, 0.15) is 5.82 Å². The van der Waals surface area contributed by atoms with Crippen molar-refractivity contribution in [2.75, 3.05) is 5.73 Å². The first-order chi connectivity index (χ1) is 7.15. The maximum Gasteiger partial charge on any atom is 0.145 e. The lowest BCUT2D eigenvalue weighted by Crippen LogP contribution is -2.03. The molecule has 2 rings (SSSR count). The molecule has 0 bridgehead atoms. The van der Waals surface area contributed by atoms with E-state index < -0.39 is 0 Å². The second kappa shape index (κ2) is 4.06. The summed E-state index contributed by atoms with van der Waals surface area (Å²) in [6, 6.07) is 10.1. The van der Waals surface area contributed by atoms with E-state index in [1.807, 2.05) is 29.8 Å². The molecule has 0 spiro atoms. The number of nitrogens with two attached hydrogens (primary N) is 1. The lowest BCUT2D eigenvalue weighted by Gasteiger charge is -2.04. The van der Waals surface area contributed by atoms with E-state index in [1.165, 1.54) is 5.56 Å². The molecule has 2 N–H and O–H groups in total. The summed E-state index contributed by atoms with van der Waals surface area (Å²) in [7, 11) is 0. The van der Waals surface area contributed by atoms with E-state index in [4.69, 9.17) is 5.73 Å². The monoisotopic (exact) mass is 265 g/mol. The molecule has 4 heteroatoms. The van der Waals surface area contributed by atoms with Crippen molar-refractivity contribution in [1.29, 1.82) is 0 Å². The van der Waals surface area contributed by atoms with Gasteiger partial charge in [-0.1, -0.05) is 28.1 Å². The predicted octanol–water partition coefficient (Wildman–Crippen LogP) is 2.58. The average molecular weight is 266 g/mol. The predicted molar refractivity (Wildman–Crippen MR) is 64.6 cm³/mol. The van der Waals surface area contributed by atoms with Crippen molar-refractivity contribution >= 4 is 21.7 Å². The molecule has 2 aromatic rings. The molecule has 1 aromatic carbocycles. The van der Waals surface area contributed by atoms with E-state index in [2.05, 4.69) is 33.2 Å². The summed E-state index contributed by atoms with van der Waals surface area (Å²) >= 11 is 3.41. The molecule has 78 valence electrons. The lowest BCUT2D eigenvalue weighted by molar-refractivity contribution is 0.668. The highest BCUT2D eigenvalue weighted by atomic mass is 79.9. The van der Waals surface area contributed by atoms with Crippen LogP contribution >= 0.6 is 15.9 Å². The Labute approximate surface area is 97.0 Å². The van der Waals surface area contributed by atoms with Crippen LogP contribution in [-0.2, 0) is 6.54 Å². The standard InChI is InChI=1S/C11H12BrN3/c1-8-6-11(13)14-15(8)7-9-2-4-10(12)5-3-9/h2-6H,7H2,1H3,(H2,13,14). The highest BCUT2D eigenvalue weighted by Crippen LogP contribution is 2.13. The molecule has 1 heterocycles. The summed E-state index contributed by atoms with van der Waals surface area (Å²) in [5.74, 6) is 0.574. The van der Waals surface area contributed by atoms with Crippen LogP contribution in [0.15, 0.2) is 34.8 Å². The fraction of sp³-hybridized carbons (Fsp3) is 0.182. The molecule has 1 aromatic heterocycles. The van der Waals surface area contributed by atoms with Gasteiger partial charge in [-0.15, -0.1) is 0 Å². The summed E-state index contributed by atoms with van der Waals surface area (Å²) in [6.07, 6.45) is 0. The van der Waals surface area contributed by atoms with Crippen LogP contribution < -0.4 is 5.73 Å². The Bertz CT molecular complexity index is 459. The molecule has 0 radical (unpaired) electrons. The fourth-order valence-corrected chi connectivity index (χ4v) is 1.72. The fourth-order valence-electron chi connectivity index (χ4n) is 1.46. The van der Waals surface area contributed by atoms with Gasteiger partial charge < -0.3 is 5.73 Å². The van der Waals surface area contributed by atoms with Gasteiger partial charge in [0, 0.05) is 16.2 Å². The number of aryl methyl sites for hydroxylation is 1. The molecule has 0 aliphatic rings. The van der Waals surface area contributed by atoms with Gasteiger partial charge >= 0.3 is 0 Å². The van der Waals surface area contributed by atoms with Gasteiger partial charge in [0.15, 0.2) is 0 Å². The first kappa shape index (κ1) is 10.2. The number of anilines is 1. The Morgan fingerprint density at radius 1 is 1.33 bits per heavy atom. The number of rotatable bonds is 2. The normalized spacial score (nSPS) is 10.5. The Balaban J connectivity index is 2.21. The van der Waals surface area contributed by atoms with Gasteiger partial charge in [0.2, 0.25) is 0 Å². The Morgan fingerprint density at radius 3 is 2.53 bits per heavy atom. The van der Waals surface area contributed by atoms with E-state index >= 15 is 0 Å². The molecule has 0 amide bonds. The maximum atomic E-state index is 5.62. The second-order valence-corrected chi connectivity index (χ2v) is 4.41. The number of benzene rings is 1. The van der Waals surface area contributed by atoms with Crippen molar-refractivity contribution < 1.29 is 0 Å². The SMILES string of the molecule is Cc1cc(N)nn1Cc1ccc(Br)cc1. The topological polar surface area (TPSA) is 43.8 Å². The van der Waals surface area contributed by atoms with Gasteiger partial charge in [-0.05, 0) is 24.6 Å². The highest BCUT2D eigenvalue weighted by Gasteiger charge is 2.01. The van der Waals surface area contributed by atoms with Crippen LogP contribution in [0.3, 0.4) is 0 Å². The first-order valence-corrected chi connectivity index (χ1v) is 5.49. The largest absolute Gasteiger partial charge is 0.382 e. The number of hydrogen-bond acceptors (Lipinski definition) is 2. The third kappa shape index (κ3) is 2.39. The van der Waals surface area contributed by atoms with Crippen molar-refractivity contribution in [3.8, 4) is 0 Å². The molecule has 0 aliphatic carbocycles. The molecule has 15 heavy (non-hydrogen) atoms. The number of nitrogens with zero attached hydrogens (tertiary/aromatic N) is 2. The highest BCUT2D eigenvalue weighted by molar-refractivity contribution is 9.10. The molecule has 0 fully saturated rings. The van der Waals surface area contributed by atoms with E-state index in [0.717, 1.165) is 16.7 Å². The van der Waals surface area contributed by atoms with Crippen molar-refractivity contribution in [1.82, 2.24) is 9.78 Å². The van der Waals surface area contributed by atoms with Crippen molar-refractivity contribution in [3.63, 3.8) is 0 Å². The number of nitrogen functional groups attached to an aromatic ring is 1. The van der Waals surface area contributed by atoms with Crippen LogP contribution in [0.25, 0.3) is 0 Å². The zero-order valence-electron chi connectivity index (χ0n) is 8.44. The van der Waals surface area contributed by atoms with Crippen LogP contribution in [0.5, 0.6) is 0 Å². The van der Waals surface area contributed by atoms with Crippen LogP contribution in [0, 0.1) is 6.92 Å². The van der Waals surface area contributed by atoms with Gasteiger partial charge in [-0.25, -0.2) is 0 Å². The van der Waals surface area contributed by atoms with Crippen LogP contribution in [0.4, 0.5) is 5.82 Å². The molecule has 0 saturated carbocycles. The third-order valence-electron chi connectivity index (χ3n) is 2.25. The minimum absolute atomic E-state index is 0.574. The minimum Gasteiger partial charge on any atom is -0.382 e. The Kier molecular flexibility index (Phi) is 2.77. The summed E-state index contributed by atoms with van der Waals surface area (Å²) in [4.78, 5) is 0. The summed E-state index contributed by atoms with van der Waals surface area (Å²) < 4.78 is 2.99. The zero-order chi connectivity index (χ0) is 10.8. The molecular formula is C11H12BrN3. The number of hydrogen-bond donors (Lipinski definition) is 1. The van der Waals surface area contributed by atoms with Crippen LogP contribution in [0.2, 0.25) is 0 Å². The van der Waals surface area contributed by atoms with Crippen LogP contribution in [-0.4, -0.2) is 9.78 Å². The second-order valence-electron chi connectivity index (χ2n) is 3.49. The third-order valence-corrected chi connectivity index (χ3v) is 2.77. The Morgan fingerprint density at radius 2 is 2.00 bits per heavy atom. The summed E-state index contributed by atoms with van der Waals surface area (Å²) in [6.45, 7) is 2.76. The number of aromatic nitrogens is 2. The first-order valence-electron chi connectivity index (χ1n) is 4.69. The quantitative estimate of drug-likeness (QED) is 0.907. The van der Waals surface area contributed by atoms with E-state index in [9.17, 15) is 0 Å². The van der Waals surface area contributed by atoms with E-state index in [0.29, 0.717) is 5.82 Å². The zero-order valence-corrected chi connectivity index (χ0v) is 10.0. The van der Waals surface area contributed by atoms with E-state index in [-0.39, 0.29) is 0 Å². The van der Waals surface area contributed by atoms with Crippen molar-refractivity contribution in [2.45, 2.75) is 13.5 Å². The molecule has 0 saturated heterocycles. The molecular weight excluding hydrogens is 254 g/mol. The van der Waals surface area contributed by atoms with Gasteiger partial charge in [0.25, 0.3) is 0 Å². The molecule has 0 atom stereocenters. The van der Waals surface area contributed by atoms with Crippen molar-refractivity contribution in [3.05, 3.63) is 46.1 Å². The number of halogens is 1. The van der Waals surface area contributed by atoms with Gasteiger partial charge in [-0.2, -0.15) is 5.10 Å². The van der Waals surface area contributed by atoms with Crippen LogP contribution in [0.1, 0.15) is 11.3 Å². The molecule has 0 aliphatic heterocycles. The smallest absolute Gasteiger partial charge is 0.145 e. The lowest BCUT2D eigenvalue weighted by atomic mass is 10.2. The maximum absolute atomic E-state index is 5.62. The summed E-state index contributed by atoms with van der Waals surface area (Å²) in [5.41, 5.74) is 7.91. The van der Waals surface area contributed by atoms with Crippen molar-refractivity contribution in [2.24, 2.45) is 0 Å². The minimum atomic E-state index is 0.574. The van der Waals surface area contributed by atoms with E-state index in [1.54, 1.807) is 0 Å². The Hall–Kier alpha value is -1.29. The average Bonchev–Trinajstić information content (AvgIpc) is 2.49. The van der Waals surface area contributed by atoms with Gasteiger partial charge in [-0.3, -0.25) is 4.68 Å². The molecule has 3 nitrogen and oxygen atoms in total. The molecule has 0 unspecified atom stereocenters. The summed E-state index contributed by atoms with van der Waals surface area (Å²) in [5, 5.41) is 4.21. The van der Waals surface area contributed by atoms with Gasteiger partial charge in [0.05, 0.1) is 6.54 Å².